The van der Waals surface area contributed by atoms with Gasteiger partial charge < -0.3 is 11.1 Å². The Kier molecular flexibility index (Phi) is 5.75. The van der Waals surface area contributed by atoms with Crippen molar-refractivity contribution in [1.82, 2.24) is 15.3 Å². The van der Waals surface area contributed by atoms with E-state index in [1.54, 1.807) is 18.0 Å². The van der Waals surface area contributed by atoms with Crippen molar-refractivity contribution in [3.05, 3.63) is 18.0 Å². The van der Waals surface area contributed by atoms with Gasteiger partial charge in [0, 0.05) is 17.1 Å². The van der Waals surface area contributed by atoms with E-state index >= 15 is 0 Å². The Morgan fingerprint density at radius 3 is 2.84 bits per heavy atom. The van der Waals surface area contributed by atoms with Crippen molar-refractivity contribution in [3.63, 3.8) is 0 Å². The van der Waals surface area contributed by atoms with Gasteiger partial charge in [-0.2, -0.15) is 0 Å². The average molecular weight is 282 g/mol. The van der Waals surface area contributed by atoms with E-state index in [0.29, 0.717) is 13.0 Å². The van der Waals surface area contributed by atoms with Crippen molar-refractivity contribution in [2.75, 3.05) is 6.54 Å². The van der Waals surface area contributed by atoms with Crippen LogP contribution in [0.5, 0.6) is 0 Å². The molecule has 0 aliphatic heterocycles. The van der Waals surface area contributed by atoms with Crippen molar-refractivity contribution < 1.29 is 4.79 Å². The second kappa shape index (κ2) is 6.86. The number of aromatic nitrogens is 2. The number of carbonyl (C=O) groups excluding carboxylic acids is 1. The Balaban J connectivity index is 2.68. The number of thioether (sulfide) groups is 1. The zero-order valence-corrected chi connectivity index (χ0v) is 12.8. The fraction of sp³-hybridized carbons (Fsp3) is 0.615. The van der Waals surface area contributed by atoms with Gasteiger partial charge in [0.1, 0.15) is 0 Å². The summed E-state index contributed by atoms with van der Waals surface area (Å²) in [4.78, 5) is 20.1. The monoisotopic (exact) mass is 282 g/mol. The van der Waals surface area contributed by atoms with Crippen LogP contribution in [-0.2, 0) is 4.79 Å². The molecule has 0 saturated heterocycles. The first-order chi connectivity index (χ1) is 8.87. The van der Waals surface area contributed by atoms with Crippen molar-refractivity contribution in [1.29, 1.82) is 0 Å². The Hall–Kier alpha value is -1.14. The fourth-order valence-corrected chi connectivity index (χ4v) is 3.02. The Morgan fingerprint density at radius 2 is 2.32 bits per heavy atom. The van der Waals surface area contributed by atoms with Crippen LogP contribution in [-0.4, -0.2) is 33.2 Å². The molecule has 1 rings (SSSR count). The summed E-state index contributed by atoms with van der Waals surface area (Å²) in [7, 11) is 0. The summed E-state index contributed by atoms with van der Waals surface area (Å²) in [5.41, 5.74) is 5.73. The zero-order valence-electron chi connectivity index (χ0n) is 11.9. The van der Waals surface area contributed by atoms with E-state index in [2.05, 4.69) is 22.2 Å². The van der Waals surface area contributed by atoms with Gasteiger partial charge in [0.15, 0.2) is 5.16 Å². The maximum absolute atomic E-state index is 11.6. The van der Waals surface area contributed by atoms with Crippen molar-refractivity contribution in [2.45, 2.75) is 50.1 Å². The van der Waals surface area contributed by atoms with Gasteiger partial charge in [-0.05, 0) is 32.9 Å². The second-order valence-electron chi connectivity index (χ2n) is 4.84. The van der Waals surface area contributed by atoms with Crippen molar-refractivity contribution in [3.8, 4) is 0 Å². The van der Waals surface area contributed by atoms with Gasteiger partial charge in [0.25, 0.3) is 0 Å². The van der Waals surface area contributed by atoms with Crippen LogP contribution >= 0.6 is 11.8 Å². The van der Waals surface area contributed by atoms with Crippen LogP contribution in [0.1, 0.15) is 32.9 Å². The molecular formula is C13H22N4OS. The first-order valence-corrected chi connectivity index (χ1v) is 7.26. The molecule has 19 heavy (non-hydrogen) atoms. The summed E-state index contributed by atoms with van der Waals surface area (Å²) in [5.74, 6) is -0.327. The molecule has 1 aromatic heterocycles. The summed E-state index contributed by atoms with van der Waals surface area (Å²) in [5, 5.41) is 4.08. The van der Waals surface area contributed by atoms with Gasteiger partial charge in [-0.3, -0.25) is 4.79 Å². The molecule has 0 radical (unpaired) electrons. The molecule has 0 aromatic carbocycles. The van der Waals surface area contributed by atoms with Crippen LogP contribution in [0.25, 0.3) is 0 Å². The smallest absolute Gasteiger partial charge is 0.237 e. The summed E-state index contributed by atoms with van der Waals surface area (Å²) >= 11 is 1.56. The van der Waals surface area contributed by atoms with E-state index in [9.17, 15) is 4.79 Å². The van der Waals surface area contributed by atoms with Crippen LogP contribution in [0.15, 0.2) is 17.4 Å². The Bertz CT molecular complexity index is 440. The molecule has 1 aromatic rings. The minimum absolute atomic E-state index is 0.193. The third-order valence-electron chi connectivity index (χ3n) is 2.89. The molecular weight excluding hydrogens is 260 g/mol. The van der Waals surface area contributed by atoms with E-state index in [1.807, 2.05) is 26.8 Å². The van der Waals surface area contributed by atoms with Crippen molar-refractivity contribution in [2.24, 2.45) is 5.73 Å². The van der Waals surface area contributed by atoms with Crippen LogP contribution in [0.2, 0.25) is 0 Å². The van der Waals surface area contributed by atoms with Gasteiger partial charge >= 0.3 is 0 Å². The van der Waals surface area contributed by atoms with Crippen LogP contribution in [0.3, 0.4) is 0 Å². The number of nitrogens with two attached hydrogens (primary N) is 1. The molecule has 2 unspecified atom stereocenters. The summed E-state index contributed by atoms with van der Waals surface area (Å²) in [6.07, 6.45) is 2.38. The average Bonchev–Trinajstić information content (AvgIpc) is 2.28. The lowest BCUT2D eigenvalue weighted by molar-refractivity contribution is -0.124. The van der Waals surface area contributed by atoms with Gasteiger partial charge in [0.2, 0.25) is 5.91 Å². The number of carbonyl (C=O) groups is 1. The first kappa shape index (κ1) is 15.9. The summed E-state index contributed by atoms with van der Waals surface area (Å²) < 4.78 is 0. The lowest BCUT2D eigenvalue weighted by atomic mass is 9.95. The lowest BCUT2D eigenvalue weighted by Gasteiger charge is -2.29. The van der Waals surface area contributed by atoms with Gasteiger partial charge in [0.05, 0.1) is 5.54 Å². The zero-order chi connectivity index (χ0) is 14.5. The largest absolute Gasteiger partial charge is 0.368 e. The number of amides is 1. The molecule has 0 aliphatic carbocycles. The predicted octanol–water partition coefficient (Wildman–Crippen LogP) is 1.51. The maximum atomic E-state index is 11.6. The number of likely N-dealkylation sites (N-methyl/N-ethyl adjacent to an activating group) is 1. The van der Waals surface area contributed by atoms with Gasteiger partial charge in [-0.1, -0.05) is 25.6 Å². The van der Waals surface area contributed by atoms with E-state index < -0.39 is 5.54 Å². The molecule has 3 N–H and O–H groups in total. The highest BCUT2D eigenvalue weighted by Crippen LogP contribution is 2.26. The lowest BCUT2D eigenvalue weighted by Crippen LogP contribution is -2.54. The highest BCUT2D eigenvalue weighted by Gasteiger charge is 2.32. The van der Waals surface area contributed by atoms with Crippen molar-refractivity contribution >= 4 is 17.7 Å². The first-order valence-electron chi connectivity index (χ1n) is 6.38. The molecule has 0 bridgehead atoms. The molecule has 0 aliphatic rings. The number of nitrogens with zero attached hydrogens (tertiary/aromatic N) is 2. The number of hydrogen-bond donors (Lipinski definition) is 2. The topological polar surface area (TPSA) is 80.9 Å². The molecule has 6 heteroatoms. The fourth-order valence-electron chi connectivity index (χ4n) is 1.93. The second-order valence-corrected chi connectivity index (χ2v) is 6.25. The summed E-state index contributed by atoms with van der Waals surface area (Å²) in [6.45, 7) is 8.49. The minimum atomic E-state index is -0.689. The minimum Gasteiger partial charge on any atom is -0.368 e. The Morgan fingerprint density at radius 1 is 1.63 bits per heavy atom. The quantitative estimate of drug-likeness (QED) is 0.585. The van der Waals surface area contributed by atoms with Gasteiger partial charge in [-0.15, -0.1) is 0 Å². The highest BCUT2D eigenvalue weighted by molar-refractivity contribution is 7.99. The van der Waals surface area contributed by atoms with Crippen LogP contribution in [0.4, 0.5) is 0 Å². The molecule has 0 spiro atoms. The Labute approximate surface area is 118 Å². The molecule has 0 saturated carbocycles. The van der Waals surface area contributed by atoms with E-state index in [0.717, 1.165) is 10.9 Å². The number of primary amides is 1. The van der Waals surface area contributed by atoms with Crippen LogP contribution in [0, 0.1) is 6.92 Å². The SMILES string of the molecule is CCNC(C)(CC(C)Sc1nccc(C)n1)C(N)=O. The molecule has 0 fully saturated rings. The molecule has 2 atom stereocenters. The third-order valence-corrected chi connectivity index (χ3v) is 3.86. The number of aryl methyl sites for hydroxylation is 1. The standard InChI is InChI=1S/C13H22N4OS/c1-5-16-13(4,11(14)18)8-10(3)19-12-15-7-6-9(2)17-12/h6-7,10,16H,5,8H2,1-4H3,(H2,14,18). The van der Waals surface area contributed by atoms with E-state index in [-0.39, 0.29) is 11.2 Å². The van der Waals surface area contributed by atoms with Crippen LogP contribution < -0.4 is 11.1 Å². The molecule has 1 heterocycles. The third kappa shape index (κ3) is 4.80. The number of hydrogen-bond acceptors (Lipinski definition) is 5. The molecule has 5 nitrogen and oxygen atoms in total. The van der Waals surface area contributed by atoms with E-state index in [4.69, 9.17) is 5.73 Å². The number of rotatable bonds is 7. The number of nitrogens with one attached hydrogen (secondary N) is 1. The maximum Gasteiger partial charge on any atom is 0.237 e. The molecule has 106 valence electrons. The highest BCUT2D eigenvalue weighted by atomic mass is 32.2. The summed E-state index contributed by atoms with van der Waals surface area (Å²) in [6, 6.07) is 1.86. The normalized spacial score (nSPS) is 15.8. The van der Waals surface area contributed by atoms with E-state index in [1.165, 1.54) is 0 Å². The molecule has 1 amide bonds. The predicted molar refractivity (Wildman–Crippen MR) is 78.0 cm³/mol. The van der Waals surface area contributed by atoms with Gasteiger partial charge in [-0.25, -0.2) is 9.97 Å².